The van der Waals surface area contributed by atoms with Gasteiger partial charge in [-0.05, 0) is 0 Å². The van der Waals surface area contributed by atoms with Crippen molar-refractivity contribution >= 4 is 32.7 Å². The minimum Gasteiger partial charge on any atom is -0.393 e. The molecule has 1 aliphatic heterocycles. The Bertz CT molecular complexity index is 1210. The standard InChI is InChI=1S/C17H24N2O13P2S/c1-3-17(23)9(2)10(30-14(17)19-5-4-12(21)18-15(19)22)7-29-13-11(35)6-16(13,8-20)31-34(27,28)32-33(24,25)26/h3-5,9-10,13-14,20,23H,1,6-8H2,2H3,(H,27,28)(H,18,21,22)(H2,24,25,26). The maximum Gasteiger partial charge on any atom is 0.481 e. The molecule has 1 saturated heterocycles. The maximum absolute atomic E-state index is 12.2. The van der Waals surface area contributed by atoms with E-state index in [1.807, 2.05) is 0 Å². The zero-order valence-electron chi connectivity index (χ0n) is 18.1. The van der Waals surface area contributed by atoms with Crippen molar-refractivity contribution in [2.75, 3.05) is 13.2 Å². The van der Waals surface area contributed by atoms with E-state index in [4.69, 9.17) is 36.0 Å². The van der Waals surface area contributed by atoms with Crippen LogP contribution in [-0.2, 0) is 27.4 Å². The summed E-state index contributed by atoms with van der Waals surface area (Å²) in [5.74, 6) is -0.733. The fraction of sp³-hybridized carbons (Fsp3) is 0.588. The molecule has 6 N–H and O–H groups in total. The number of hydrogen-bond acceptors (Lipinski definition) is 11. The van der Waals surface area contributed by atoms with Crippen molar-refractivity contribution in [2.24, 2.45) is 5.92 Å². The van der Waals surface area contributed by atoms with Crippen molar-refractivity contribution in [1.29, 1.82) is 0 Å². The molecule has 2 heterocycles. The topological polar surface area (TPSA) is 227 Å². The molecule has 15 nitrogen and oxygen atoms in total. The average molecular weight is 558 g/mol. The molecule has 1 aliphatic carbocycles. The van der Waals surface area contributed by atoms with Gasteiger partial charge in [0.05, 0.1) is 19.3 Å². The maximum atomic E-state index is 12.2. The Hall–Kier alpha value is -1.39. The van der Waals surface area contributed by atoms with Crippen molar-refractivity contribution in [3.8, 4) is 0 Å². The summed E-state index contributed by atoms with van der Waals surface area (Å²) in [6, 6.07) is 1.06. The lowest BCUT2D eigenvalue weighted by molar-refractivity contribution is -0.140. The van der Waals surface area contributed by atoms with E-state index in [0.29, 0.717) is 0 Å². The predicted octanol–water partition coefficient (Wildman–Crippen LogP) is -0.897. The molecular formula is C17H24N2O13P2S. The van der Waals surface area contributed by atoms with Crippen molar-refractivity contribution in [2.45, 2.75) is 43.0 Å². The van der Waals surface area contributed by atoms with Crippen LogP contribution in [-0.4, -0.2) is 75.9 Å². The van der Waals surface area contributed by atoms with Gasteiger partial charge in [-0.3, -0.25) is 18.9 Å². The van der Waals surface area contributed by atoms with E-state index in [0.717, 1.165) is 16.8 Å². The molecule has 1 aromatic rings. The van der Waals surface area contributed by atoms with Crippen LogP contribution in [0.3, 0.4) is 0 Å². The third-order valence-corrected chi connectivity index (χ3v) is 8.49. The van der Waals surface area contributed by atoms with Gasteiger partial charge in [0.1, 0.15) is 17.3 Å². The number of aromatic nitrogens is 2. The lowest BCUT2D eigenvalue weighted by Crippen LogP contribution is -2.63. The highest BCUT2D eigenvalue weighted by molar-refractivity contribution is 7.80. The smallest absolute Gasteiger partial charge is 0.393 e. The van der Waals surface area contributed by atoms with Crippen molar-refractivity contribution < 1.29 is 52.3 Å². The van der Waals surface area contributed by atoms with E-state index in [1.165, 1.54) is 6.08 Å². The summed E-state index contributed by atoms with van der Waals surface area (Å²) < 4.78 is 44.1. The molecule has 0 amide bonds. The number of aliphatic hydroxyl groups is 2. The van der Waals surface area contributed by atoms with Gasteiger partial charge in [-0.1, -0.05) is 25.2 Å². The van der Waals surface area contributed by atoms with Gasteiger partial charge < -0.3 is 34.4 Å². The molecule has 7 atom stereocenters. The van der Waals surface area contributed by atoms with E-state index in [2.05, 4.69) is 15.9 Å². The molecule has 2 aliphatic rings. The minimum atomic E-state index is -5.41. The van der Waals surface area contributed by atoms with E-state index in [9.17, 15) is 33.8 Å². The van der Waals surface area contributed by atoms with E-state index in [-0.39, 0.29) is 17.9 Å². The Morgan fingerprint density at radius 3 is 2.54 bits per heavy atom. The summed E-state index contributed by atoms with van der Waals surface area (Å²) in [5, 5.41) is 20.9. The van der Waals surface area contributed by atoms with Crippen molar-refractivity contribution in [1.82, 2.24) is 9.55 Å². The Balaban J connectivity index is 1.78. The number of phosphoric acid groups is 2. The van der Waals surface area contributed by atoms with E-state index in [1.54, 1.807) is 6.92 Å². The van der Waals surface area contributed by atoms with Crippen LogP contribution in [0.25, 0.3) is 0 Å². The molecule has 0 aromatic carbocycles. The molecule has 1 aromatic heterocycles. The monoisotopic (exact) mass is 558 g/mol. The number of phosphoric ester groups is 1. The summed E-state index contributed by atoms with van der Waals surface area (Å²) in [6.07, 6.45) is -1.43. The number of nitrogens with zero attached hydrogens (tertiary/aromatic N) is 1. The number of rotatable bonds is 10. The highest BCUT2D eigenvalue weighted by atomic mass is 32.1. The molecule has 35 heavy (non-hydrogen) atoms. The van der Waals surface area contributed by atoms with Gasteiger partial charge in [0.2, 0.25) is 0 Å². The zero-order valence-corrected chi connectivity index (χ0v) is 20.7. The summed E-state index contributed by atoms with van der Waals surface area (Å²) in [7, 11) is -10.7. The molecule has 3 rings (SSSR count). The van der Waals surface area contributed by atoms with E-state index >= 15 is 0 Å². The SMILES string of the molecule is C=CC1(O)C(C)C(COC2C(=S)CC2(CO)OP(=O)(O)OP(=O)(O)O)OC1n1ccc(=O)[nH]c1=O. The summed E-state index contributed by atoms with van der Waals surface area (Å²) in [6.45, 7) is 3.94. The van der Waals surface area contributed by atoms with Crippen LogP contribution in [0.5, 0.6) is 0 Å². The number of ether oxygens (including phenoxy) is 2. The number of H-pyrrole nitrogens is 1. The van der Waals surface area contributed by atoms with Crippen LogP contribution in [0.4, 0.5) is 0 Å². The molecular weight excluding hydrogens is 534 g/mol. The first kappa shape index (κ1) is 28.2. The van der Waals surface area contributed by atoms with Gasteiger partial charge in [0, 0.05) is 29.5 Å². The molecule has 1 saturated carbocycles. The normalized spacial score (nSPS) is 34.9. The number of hydrogen-bond donors (Lipinski definition) is 6. The Kier molecular flexibility index (Phi) is 7.91. The Morgan fingerprint density at radius 2 is 2.03 bits per heavy atom. The largest absolute Gasteiger partial charge is 0.481 e. The third kappa shape index (κ3) is 5.64. The molecule has 0 radical (unpaired) electrons. The van der Waals surface area contributed by atoms with Crippen molar-refractivity contribution in [3.63, 3.8) is 0 Å². The average Bonchev–Trinajstić information content (AvgIpc) is 2.96. The molecule has 0 bridgehead atoms. The highest BCUT2D eigenvalue weighted by Crippen LogP contribution is 2.61. The van der Waals surface area contributed by atoms with Crippen LogP contribution >= 0.6 is 27.9 Å². The Morgan fingerprint density at radius 1 is 1.37 bits per heavy atom. The second kappa shape index (κ2) is 9.82. The first-order chi connectivity index (χ1) is 16.1. The molecule has 196 valence electrons. The molecule has 18 heteroatoms. The summed E-state index contributed by atoms with van der Waals surface area (Å²) >= 11 is 5.12. The van der Waals surface area contributed by atoms with Crippen molar-refractivity contribution in [3.05, 3.63) is 45.8 Å². The highest BCUT2D eigenvalue weighted by Gasteiger charge is 2.59. The van der Waals surface area contributed by atoms with Gasteiger partial charge in [-0.15, -0.1) is 6.58 Å². The third-order valence-electron chi connectivity index (χ3n) is 5.86. The number of nitrogens with one attached hydrogen (secondary N) is 1. The van der Waals surface area contributed by atoms with Gasteiger partial charge in [-0.25, -0.2) is 13.9 Å². The lowest BCUT2D eigenvalue weighted by Gasteiger charge is -2.47. The van der Waals surface area contributed by atoms with Gasteiger partial charge in [0.25, 0.3) is 5.56 Å². The van der Waals surface area contributed by atoms with Crippen LogP contribution in [0.15, 0.2) is 34.5 Å². The van der Waals surface area contributed by atoms with Crippen LogP contribution < -0.4 is 11.2 Å². The first-order valence-electron chi connectivity index (χ1n) is 9.96. The number of aromatic amines is 1. The second-order valence-corrected chi connectivity index (χ2v) is 11.4. The number of thiocarbonyl (C=S) groups is 1. The summed E-state index contributed by atoms with van der Waals surface area (Å²) in [5.41, 5.74) is -5.21. The van der Waals surface area contributed by atoms with Gasteiger partial charge in [0.15, 0.2) is 6.23 Å². The fourth-order valence-corrected chi connectivity index (χ4v) is 6.41. The minimum absolute atomic E-state index is 0.160. The van der Waals surface area contributed by atoms with Gasteiger partial charge >= 0.3 is 21.3 Å². The predicted molar refractivity (Wildman–Crippen MR) is 120 cm³/mol. The van der Waals surface area contributed by atoms with E-state index < -0.39 is 69.1 Å². The quantitative estimate of drug-likeness (QED) is 0.116. The zero-order chi connectivity index (χ0) is 26.4. The Labute approximate surface area is 202 Å². The van der Waals surface area contributed by atoms with Crippen LogP contribution in [0.2, 0.25) is 0 Å². The fourth-order valence-electron chi connectivity index (χ4n) is 3.99. The summed E-state index contributed by atoms with van der Waals surface area (Å²) in [4.78, 5) is 53.1. The number of aliphatic hydroxyl groups excluding tert-OH is 1. The second-order valence-electron chi connectivity index (χ2n) is 8.14. The molecule has 7 unspecified atom stereocenters. The van der Waals surface area contributed by atoms with Gasteiger partial charge in [-0.2, -0.15) is 4.31 Å². The molecule has 2 fully saturated rings. The van der Waals surface area contributed by atoms with Crippen LogP contribution in [0.1, 0.15) is 19.6 Å². The van der Waals surface area contributed by atoms with Crippen LogP contribution in [0, 0.1) is 5.92 Å². The molecule has 0 spiro atoms. The first-order valence-corrected chi connectivity index (χ1v) is 13.4. The lowest BCUT2D eigenvalue weighted by atomic mass is 9.77.